The first kappa shape index (κ1) is 30.6. The lowest BCUT2D eigenvalue weighted by atomic mass is 9.79. The molecular formula is C35H34ClN3O5. The van der Waals surface area contributed by atoms with Gasteiger partial charge >= 0.3 is 11.9 Å². The average Bonchev–Trinajstić information content (AvgIpc) is 3.46. The summed E-state index contributed by atoms with van der Waals surface area (Å²) in [5, 5.41) is 8.85. The Balaban J connectivity index is 1.61. The highest BCUT2D eigenvalue weighted by Gasteiger charge is 2.40. The van der Waals surface area contributed by atoms with Gasteiger partial charge in [0.2, 0.25) is 0 Å². The Morgan fingerprint density at radius 3 is 2.00 bits per heavy atom. The molecule has 0 saturated carbocycles. The standard InChI is InChI=1S/C35H34ClN3O5/c1-5-42-34(40)30-22(3)37-23(4)31(35(41)43-6-2)32(30)29-20-39(27-10-8-7-9-11-27)38-33(29)25-14-18-28(19-15-25)44-21-24-12-16-26(36)17-13-24/h7-20,32,37H,5-6,21H2,1-4H3. The van der Waals surface area contributed by atoms with Gasteiger partial charge in [0, 0.05) is 33.7 Å². The first-order chi connectivity index (χ1) is 21.3. The molecule has 4 aromatic rings. The van der Waals surface area contributed by atoms with Gasteiger partial charge in [0.1, 0.15) is 12.4 Å². The minimum atomic E-state index is -0.789. The fourth-order valence-electron chi connectivity index (χ4n) is 5.26. The number of aromatic nitrogens is 2. The van der Waals surface area contributed by atoms with Crippen LogP contribution < -0.4 is 10.1 Å². The number of rotatable bonds is 10. The molecule has 5 rings (SSSR count). The van der Waals surface area contributed by atoms with E-state index in [0.717, 1.165) is 16.8 Å². The number of hydrogen-bond acceptors (Lipinski definition) is 7. The number of hydrogen-bond donors (Lipinski definition) is 1. The second-order valence-electron chi connectivity index (χ2n) is 10.2. The second kappa shape index (κ2) is 13.7. The molecule has 8 nitrogen and oxygen atoms in total. The number of carbonyl (C=O) groups excluding carboxylic acids is 2. The zero-order valence-electron chi connectivity index (χ0n) is 25.1. The largest absolute Gasteiger partial charge is 0.489 e. The van der Waals surface area contributed by atoms with Crippen molar-refractivity contribution >= 4 is 23.5 Å². The maximum atomic E-state index is 13.5. The van der Waals surface area contributed by atoms with Gasteiger partial charge in [0.15, 0.2) is 0 Å². The summed E-state index contributed by atoms with van der Waals surface area (Å²) in [6.45, 7) is 7.88. The van der Waals surface area contributed by atoms with Crippen molar-refractivity contribution in [1.29, 1.82) is 0 Å². The van der Waals surface area contributed by atoms with Gasteiger partial charge in [0.25, 0.3) is 0 Å². The van der Waals surface area contributed by atoms with Crippen LogP contribution in [0.15, 0.2) is 108 Å². The molecule has 0 spiro atoms. The summed E-state index contributed by atoms with van der Waals surface area (Å²) in [5.74, 6) is -1.13. The molecule has 0 saturated heterocycles. The first-order valence-corrected chi connectivity index (χ1v) is 14.8. The lowest BCUT2D eigenvalue weighted by molar-refractivity contribution is -0.139. The number of esters is 2. The number of benzene rings is 3. The van der Waals surface area contributed by atoms with Crippen LogP contribution in [0.4, 0.5) is 0 Å². The Bertz CT molecular complexity index is 1670. The molecule has 1 aliphatic rings. The second-order valence-corrected chi connectivity index (χ2v) is 10.7. The van der Waals surface area contributed by atoms with Crippen LogP contribution in [0, 0.1) is 0 Å². The highest BCUT2D eigenvalue weighted by molar-refractivity contribution is 6.30. The molecular weight excluding hydrogens is 578 g/mol. The van der Waals surface area contributed by atoms with Gasteiger partial charge in [0.05, 0.1) is 41.7 Å². The molecule has 0 amide bonds. The van der Waals surface area contributed by atoms with Crippen LogP contribution in [0.5, 0.6) is 5.75 Å². The molecule has 0 bridgehead atoms. The molecule has 9 heteroatoms. The maximum Gasteiger partial charge on any atom is 0.336 e. The summed E-state index contributed by atoms with van der Waals surface area (Å²) < 4.78 is 18.7. The van der Waals surface area contributed by atoms with Crippen molar-refractivity contribution in [3.05, 3.63) is 124 Å². The Morgan fingerprint density at radius 1 is 0.841 bits per heavy atom. The fourth-order valence-corrected chi connectivity index (χ4v) is 5.38. The zero-order valence-corrected chi connectivity index (χ0v) is 25.9. The van der Waals surface area contributed by atoms with Crippen molar-refractivity contribution in [3.8, 4) is 22.7 Å². The van der Waals surface area contributed by atoms with E-state index in [1.807, 2.05) is 85.1 Å². The predicted molar refractivity (Wildman–Crippen MR) is 169 cm³/mol. The molecule has 0 fully saturated rings. The number of carbonyl (C=O) groups is 2. The van der Waals surface area contributed by atoms with E-state index in [0.29, 0.717) is 51.2 Å². The predicted octanol–water partition coefficient (Wildman–Crippen LogP) is 7.13. The Kier molecular flexibility index (Phi) is 9.50. The van der Waals surface area contributed by atoms with Crippen LogP contribution >= 0.6 is 11.6 Å². The highest BCUT2D eigenvalue weighted by Crippen LogP contribution is 2.43. The number of halogens is 1. The summed E-state index contributed by atoms with van der Waals surface area (Å²) >= 11 is 6.01. The molecule has 3 aromatic carbocycles. The minimum Gasteiger partial charge on any atom is -0.489 e. The lowest BCUT2D eigenvalue weighted by Crippen LogP contribution is -2.32. The number of allylic oxidation sites excluding steroid dienone is 2. The van der Waals surface area contributed by atoms with Crippen molar-refractivity contribution in [1.82, 2.24) is 15.1 Å². The summed E-state index contributed by atoms with van der Waals surface area (Å²) in [4.78, 5) is 26.9. The van der Waals surface area contributed by atoms with E-state index in [1.54, 1.807) is 32.4 Å². The minimum absolute atomic E-state index is 0.188. The molecule has 2 heterocycles. The highest BCUT2D eigenvalue weighted by atomic mass is 35.5. The van der Waals surface area contributed by atoms with E-state index >= 15 is 0 Å². The number of dihydropyridines is 1. The number of nitrogens with one attached hydrogen (secondary N) is 1. The smallest absolute Gasteiger partial charge is 0.336 e. The van der Waals surface area contributed by atoms with Crippen molar-refractivity contribution in [2.24, 2.45) is 0 Å². The lowest BCUT2D eigenvalue weighted by Gasteiger charge is -2.30. The van der Waals surface area contributed by atoms with Crippen LogP contribution in [0.2, 0.25) is 5.02 Å². The van der Waals surface area contributed by atoms with Gasteiger partial charge in [-0.05, 0) is 81.8 Å². The molecule has 0 aliphatic carbocycles. The monoisotopic (exact) mass is 611 g/mol. The molecule has 1 aromatic heterocycles. The number of ether oxygens (including phenoxy) is 3. The fraction of sp³-hybridized carbons (Fsp3) is 0.229. The summed E-state index contributed by atoms with van der Waals surface area (Å²) in [7, 11) is 0. The van der Waals surface area contributed by atoms with E-state index in [4.69, 9.17) is 30.9 Å². The van der Waals surface area contributed by atoms with Crippen LogP contribution in [-0.4, -0.2) is 34.9 Å². The van der Waals surface area contributed by atoms with E-state index in [-0.39, 0.29) is 13.2 Å². The Hall–Kier alpha value is -4.82. The SMILES string of the molecule is CCOC(=O)C1=C(C)NC(C)=C(C(=O)OCC)C1c1cn(-c2ccccc2)nc1-c1ccc(OCc2ccc(Cl)cc2)cc1. The third-order valence-electron chi connectivity index (χ3n) is 7.27. The average molecular weight is 612 g/mol. The van der Waals surface area contributed by atoms with Gasteiger partial charge in [-0.2, -0.15) is 5.10 Å². The maximum absolute atomic E-state index is 13.5. The van der Waals surface area contributed by atoms with Gasteiger partial charge < -0.3 is 19.5 Å². The van der Waals surface area contributed by atoms with Gasteiger partial charge in [-0.15, -0.1) is 0 Å². The summed E-state index contributed by atoms with van der Waals surface area (Å²) in [6, 6.07) is 24.8. The third kappa shape index (κ3) is 6.55. The number of para-hydroxylation sites is 1. The summed E-state index contributed by atoms with van der Waals surface area (Å²) in [5.41, 5.74) is 5.74. The van der Waals surface area contributed by atoms with E-state index in [1.165, 1.54) is 0 Å². The number of nitrogens with zero attached hydrogens (tertiary/aromatic N) is 2. The van der Waals surface area contributed by atoms with Crippen LogP contribution in [0.1, 0.15) is 44.7 Å². The molecule has 44 heavy (non-hydrogen) atoms. The molecule has 0 atom stereocenters. The van der Waals surface area contributed by atoms with E-state index in [9.17, 15) is 9.59 Å². The zero-order chi connectivity index (χ0) is 31.2. The molecule has 0 radical (unpaired) electrons. The molecule has 226 valence electrons. The third-order valence-corrected chi connectivity index (χ3v) is 7.52. The van der Waals surface area contributed by atoms with Gasteiger partial charge in [-0.1, -0.05) is 41.9 Å². The van der Waals surface area contributed by atoms with Crippen molar-refractivity contribution in [3.63, 3.8) is 0 Å². The van der Waals surface area contributed by atoms with Gasteiger partial charge in [-0.3, -0.25) is 0 Å². The van der Waals surface area contributed by atoms with E-state index < -0.39 is 17.9 Å². The Morgan fingerprint density at radius 2 is 1.43 bits per heavy atom. The van der Waals surface area contributed by atoms with Crippen molar-refractivity contribution in [2.45, 2.75) is 40.2 Å². The molecule has 1 aliphatic heterocycles. The van der Waals surface area contributed by atoms with Crippen molar-refractivity contribution < 1.29 is 23.8 Å². The quantitative estimate of drug-likeness (QED) is 0.191. The molecule has 0 unspecified atom stereocenters. The van der Waals surface area contributed by atoms with Crippen molar-refractivity contribution in [2.75, 3.05) is 13.2 Å². The Labute approximate surface area is 261 Å². The van der Waals surface area contributed by atoms with Crippen LogP contribution in [-0.2, 0) is 25.7 Å². The topological polar surface area (TPSA) is 91.7 Å². The summed E-state index contributed by atoms with van der Waals surface area (Å²) in [6.07, 6.45) is 1.87. The molecule has 1 N–H and O–H groups in total. The van der Waals surface area contributed by atoms with Crippen LogP contribution in [0.3, 0.4) is 0 Å². The normalized spacial score (nSPS) is 13.5. The van der Waals surface area contributed by atoms with Crippen LogP contribution in [0.25, 0.3) is 16.9 Å². The first-order valence-electron chi connectivity index (χ1n) is 14.5. The van der Waals surface area contributed by atoms with Gasteiger partial charge in [-0.25, -0.2) is 14.3 Å². The van der Waals surface area contributed by atoms with E-state index in [2.05, 4.69) is 5.32 Å².